The summed E-state index contributed by atoms with van der Waals surface area (Å²) < 4.78 is 41.3. The van der Waals surface area contributed by atoms with Gasteiger partial charge in [-0.05, 0) is 42.2 Å². The average Bonchev–Trinajstić information content (AvgIpc) is 3.75. The predicted octanol–water partition coefficient (Wildman–Crippen LogP) is 1.47. The molecule has 2 saturated heterocycles. The quantitative estimate of drug-likeness (QED) is 0.417. The zero-order valence-electron chi connectivity index (χ0n) is 21.5. The Labute approximate surface area is 223 Å². The Bertz CT molecular complexity index is 1280. The number of hydrogen-bond donors (Lipinski definition) is 2. The molecule has 208 valence electrons. The van der Waals surface area contributed by atoms with Crippen molar-refractivity contribution in [2.75, 3.05) is 25.5 Å². The van der Waals surface area contributed by atoms with Crippen LogP contribution in [0.2, 0.25) is 0 Å². The van der Waals surface area contributed by atoms with E-state index < -0.39 is 47.6 Å². The molecule has 3 unspecified atom stereocenters. The van der Waals surface area contributed by atoms with Crippen LogP contribution in [0.3, 0.4) is 0 Å². The van der Waals surface area contributed by atoms with Gasteiger partial charge in [0.05, 0.1) is 6.42 Å². The third kappa shape index (κ3) is 4.28. The number of nitrogens with one attached hydrogen (secondary N) is 2. The van der Waals surface area contributed by atoms with E-state index in [2.05, 4.69) is 17.4 Å². The molecule has 4 fully saturated rings. The van der Waals surface area contributed by atoms with Gasteiger partial charge in [-0.25, -0.2) is 4.58 Å². The molecule has 1 aromatic rings. The number of rotatable bonds is 6. The van der Waals surface area contributed by atoms with E-state index in [-0.39, 0.29) is 36.8 Å². The number of fused-ring (bicyclic) bond motifs is 3. The molecular formula is C27H31F3N5O4+. The van der Waals surface area contributed by atoms with Crippen LogP contribution in [-0.2, 0) is 24.6 Å². The Hall–Kier alpha value is -3.44. The van der Waals surface area contributed by atoms with Gasteiger partial charge in [-0.1, -0.05) is 31.0 Å². The van der Waals surface area contributed by atoms with Crippen LogP contribution in [-0.4, -0.2) is 89.3 Å². The van der Waals surface area contributed by atoms with E-state index >= 15 is 0 Å². The maximum atomic E-state index is 14.1. The Morgan fingerprint density at radius 1 is 1.23 bits per heavy atom. The van der Waals surface area contributed by atoms with Crippen molar-refractivity contribution in [3.05, 3.63) is 29.8 Å². The maximum absolute atomic E-state index is 14.1. The summed E-state index contributed by atoms with van der Waals surface area (Å²) in [6, 6.07) is 5.11. The number of hydrogen-bond acceptors (Lipinski definition) is 4. The lowest BCUT2D eigenvalue weighted by molar-refractivity contribution is -0.549. The van der Waals surface area contributed by atoms with Gasteiger partial charge in [0.25, 0.3) is 0 Å². The average molecular weight is 547 g/mol. The van der Waals surface area contributed by atoms with Crippen molar-refractivity contribution in [2.45, 2.75) is 61.9 Å². The largest absolute Gasteiger partial charge is 0.471 e. The highest BCUT2D eigenvalue weighted by Crippen LogP contribution is 2.51. The first-order chi connectivity index (χ1) is 18.4. The standard InChI is InChI=1S/C27H30F3N5O4/c1-33(2)20-11-26(17-5-3-4-6-18(17)32-24(26)38)13-35(20)23(37)19(9-14-7-8-14)31-22(36)21-16-10-15(16)12-34(21)25(39)27(28,29)30/h3-6,14-16,19-21H,1,7-13H2,2H3,(H-,31,32,36,38)/p+1/t15?,16?,19-,20-,21?,26-/m0/s1. The number of halogens is 3. The highest BCUT2D eigenvalue weighted by molar-refractivity contribution is 6.07. The second kappa shape index (κ2) is 8.79. The molecule has 0 bridgehead atoms. The minimum absolute atomic E-state index is 0.0864. The first-order valence-corrected chi connectivity index (χ1v) is 13.3. The zero-order chi connectivity index (χ0) is 27.9. The molecule has 4 amide bonds. The number of para-hydroxylation sites is 1. The fourth-order valence-corrected chi connectivity index (χ4v) is 6.77. The number of anilines is 1. The molecule has 2 saturated carbocycles. The zero-order valence-corrected chi connectivity index (χ0v) is 21.5. The van der Waals surface area contributed by atoms with Crippen molar-refractivity contribution in [1.29, 1.82) is 0 Å². The van der Waals surface area contributed by atoms with Gasteiger partial charge in [-0.15, -0.1) is 0 Å². The molecule has 6 atom stereocenters. The van der Waals surface area contributed by atoms with Crippen molar-refractivity contribution in [3.8, 4) is 0 Å². The predicted molar refractivity (Wildman–Crippen MR) is 133 cm³/mol. The first-order valence-electron chi connectivity index (χ1n) is 13.3. The SMILES string of the molecule is C=[N+](C)[C@@H]1C[C@@]2(CN1C(=O)[C@H](CC1CC1)NC(=O)C1C3CC3CN1C(=O)C(F)(F)F)C(=O)Nc1ccccc12. The summed E-state index contributed by atoms with van der Waals surface area (Å²) in [5, 5.41) is 5.65. The Morgan fingerprint density at radius 3 is 2.62 bits per heavy atom. The van der Waals surface area contributed by atoms with Gasteiger partial charge < -0.3 is 15.5 Å². The highest BCUT2D eigenvalue weighted by Gasteiger charge is 2.62. The number of piperidine rings is 1. The smallest absolute Gasteiger partial charge is 0.342 e. The lowest BCUT2D eigenvalue weighted by atomic mass is 9.80. The molecule has 12 heteroatoms. The van der Waals surface area contributed by atoms with Gasteiger partial charge >= 0.3 is 12.1 Å². The van der Waals surface area contributed by atoms with Crippen LogP contribution < -0.4 is 10.6 Å². The lowest BCUT2D eigenvalue weighted by Crippen LogP contribution is -2.57. The fraction of sp³-hybridized carbons (Fsp3) is 0.593. The van der Waals surface area contributed by atoms with E-state index in [0.29, 0.717) is 29.8 Å². The molecule has 39 heavy (non-hydrogen) atoms. The summed E-state index contributed by atoms with van der Waals surface area (Å²) in [6.45, 7) is 3.96. The fourth-order valence-electron chi connectivity index (χ4n) is 6.77. The Morgan fingerprint density at radius 2 is 1.95 bits per heavy atom. The van der Waals surface area contributed by atoms with E-state index in [1.807, 2.05) is 24.3 Å². The summed E-state index contributed by atoms with van der Waals surface area (Å²) >= 11 is 0. The molecule has 0 aromatic heterocycles. The van der Waals surface area contributed by atoms with Gasteiger partial charge in [-0.2, -0.15) is 13.2 Å². The number of likely N-dealkylation sites (tertiary alicyclic amines) is 2. The van der Waals surface area contributed by atoms with Crippen LogP contribution in [0.4, 0.5) is 18.9 Å². The molecule has 2 N–H and O–H groups in total. The van der Waals surface area contributed by atoms with Crippen molar-refractivity contribution in [1.82, 2.24) is 15.1 Å². The number of carbonyl (C=O) groups excluding carboxylic acids is 4. The molecule has 9 nitrogen and oxygen atoms in total. The molecule has 3 heterocycles. The van der Waals surface area contributed by atoms with Crippen molar-refractivity contribution in [3.63, 3.8) is 0 Å². The van der Waals surface area contributed by atoms with E-state index in [1.165, 1.54) is 0 Å². The van der Waals surface area contributed by atoms with Gasteiger partial charge in [0.15, 0.2) is 0 Å². The molecule has 1 aromatic carbocycles. The van der Waals surface area contributed by atoms with Gasteiger partial charge in [0.1, 0.15) is 31.3 Å². The summed E-state index contributed by atoms with van der Waals surface area (Å²) in [5.41, 5.74) is 0.520. The van der Waals surface area contributed by atoms with Crippen molar-refractivity contribution >= 4 is 36.0 Å². The highest BCUT2D eigenvalue weighted by atomic mass is 19.4. The van der Waals surface area contributed by atoms with E-state index in [1.54, 1.807) is 16.5 Å². The molecule has 6 rings (SSSR count). The van der Waals surface area contributed by atoms with Gasteiger partial charge in [0.2, 0.25) is 23.9 Å². The van der Waals surface area contributed by atoms with Crippen LogP contribution >= 0.6 is 0 Å². The molecule has 0 radical (unpaired) electrons. The Kier molecular flexibility index (Phi) is 5.82. The molecular weight excluding hydrogens is 515 g/mol. The van der Waals surface area contributed by atoms with E-state index in [0.717, 1.165) is 18.4 Å². The third-order valence-electron chi connectivity index (χ3n) is 9.05. The minimum atomic E-state index is -5.08. The Balaban J connectivity index is 1.26. The molecule has 1 spiro atoms. The van der Waals surface area contributed by atoms with Crippen LogP contribution in [0.1, 0.15) is 37.7 Å². The summed E-state index contributed by atoms with van der Waals surface area (Å²) in [7, 11) is 1.71. The second-order valence-electron chi connectivity index (χ2n) is 11.8. The monoisotopic (exact) mass is 546 g/mol. The number of nitrogens with zero attached hydrogens (tertiary/aromatic N) is 3. The van der Waals surface area contributed by atoms with Crippen molar-refractivity contribution in [2.24, 2.45) is 17.8 Å². The lowest BCUT2D eigenvalue weighted by Gasteiger charge is -2.31. The number of amides is 4. The minimum Gasteiger partial charge on any atom is -0.342 e. The third-order valence-corrected chi connectivity index (χ3v) is 9.05. The molecule has 5 aliphatic rings. The number of alkyl halides is 3. The normalized spacial score (nSPS) is 31.5. The van der Waals surface area contributed by atoms with E-state index in [9.17, 15) is 32.3 Å². The van der Waals surface area contributed by atoms with Crippen LogP contribution in [0.5, 0.6) is 0 Å². The van der Waals surface area contributed by atoms with Gasteiger partial charge in [-0.3, -0.25) is 24.1 Å². The summed E-state index contributed by atoms with van der Waals surface area (Å²) in [6.07, 6.45) is -2.58. The van der Waals surface area contributed by atoms with Crippen LogP contribution in [0, 0.1) is 17.8 Å². The van der Waals surface area contributed by atoms with E-state index in [4.69, 9.17) is 0 Å². The first kappa shape index (κ1) is 25.8. The number of carbonyl (C=O) groups is 4. The molecule has 2 aliphatic carbocycles. The topological polar surface area (TPSA) is 102 Å². The van der Waals surface area contributed by atoms with Crippen LogP contribution in [0.25, 0.3) is 0 Å². The van der Waals surface area contributed by atoms with Crippen molar-refractivity contribution < 1.29 is 36.9 Å². The number of benzene rings is 1. The maximum Gasteiger partial charge on any atom is 0.471 e. The second-order valence-corrected chi connectivity index (χ2v) is 11.8. The summed E-state index contributed by atoms with van der Waals surface area (Å²) in [4.78, 5) is 54.9. The molecule has 3 aliphatic heterocycles. The van der Waals surface area contributed by atoms with Crippen LogP contribution in [0.15, 0.2) is 24.3 Å². The summed E-state index contributed by atoms with van der Waals surface area (Å²) in [5.74, 6) is -3.61. The van der Waals surface area contributed by atoms with Gasteiger partial charge in [0, 0.05) is 18.8 Å².